The number of hydrogen-bond donors (Lipinski definition) is 0. The standard InChI is InChI=1S/C30H25BrO4/c1-32-25-14-21-23(16-27(25)34-3)30(19-10-12-20(31)13-11-19)24-17-28(35-4)26(33-2)15-22(24)29(21)18-8-6-5-7-9-18/h5-17H,1-4H3. The number of methoxy groups -OCH3 is 4. The Labute approximate surface area is 213 Å². The van der Waals surface area contributed by atoms with Gasteiger partial charge in [-0.1, -0.05) is 58.4 Å². The van der Waals surface area contributed by atoms with E-state index in [-0.39, 0.29) is 0 Å². The minimum absolute atomic E-state index is 0.678. The third-order valence-corrected chi connectivity index (χ3v) is 6.85. The number of rotatable bonds is 6. The van der Waals surface area contributed by atoms with Crippen LogP contribution in [-0.4, -0.2) is 28.4 Å². The van der Waals surface area contributed by atoms with Crippen molar-refractivity contribution in [2.75, 3.05) is 28.4 Å². The topological polar surface area (TPSA) is 36.9 Å². The van der Waals surface area contributed by atoms with E-state index in [1.165, 1.54) is 0 Å². The summed E-state index contributed by atoms with van der Waals surface area (Å²) in [7, 11) is 6.65. The van der Waals surface area contributed by atoms with Crippen molar-refractivity contribution in [3.63, 3.8) is 0 Å². The molecular formula is C30H25BrO4. The lowest BCUT2D eigenvalue weighted by Gasteiger charge is -2.21. The van der Waals surface area contributed by atoms with Crippen LogP contribution in [0, 0.1) is 0 Å². The zero-order chi connectivity index (χ0) is 24.5. The van der Waals surface area contributed by atoms with Crippen molar-refractivity contribution >= 4 is 37.5 Å². The molecule has 0 bridgehead atoms. The van der Waals surface area contributed by atoms with Crippen molar-refractivity contribution in [2.45, 2.75) is 0 Å². The first-order valence-corrected chi connectivity index (χ1v) is 12.0. The molecule has 0 saturated heterocycles. The lowest BCUT2D eigenvalue weighted by Crippen LogP contribution is -1.97. The average molecular weight is 529 g/mol. The molecule has 35 heavy (non-hydrogen) atoms. The Hall–Kier alpha value is -3.70. The highest BCUT2D eigenvalue weighted by Gasteiger charge is 2.21. The summed E-state index contributed by atoms with van der Waals surface area (Å²) in [4.78, 5) is 0. The zero-order valence-corrected chi connectivity index (χ0v) is 21.6. The highest BCUT2D eigenvalue weighted by Crippen LogP contribution is 2.49. The Bertz CT molecular complexity index is 1450. The van der Waals surface area contributed by atoms with Crippen molar-refractivity contribution in [3.05, 3.63) is 83.3 Å². The summed E-state index contributed by atoms with van der Waals surface area (Å²) in [6.45, 7) is 0. The number of ether oxygens (including phenoxy) is 4. The minimum atomic E-state index is 0.678. The lowest BCUT2D eigenvalue weighted by atomic mass is 9.85. The maximum absolute atomic E-state index is 5.72. The largest absolute Gasteiger partial charge is 0.493 e. The summed E-state index contributed by atoms with van der Waals surface area (Å²) in [6.07, 6.45) is 0. The molecule has 0 saturated carbocycles. The van der Waals surface area contributed by atoms with E-state index in [9.17, 15) is 0 Å². The van der Waals surface area contributed by atoms with Gasteiger partial charge in [0.1, 0.15) is 0 Å². The molecule has 0 fully saturated rings. The van der Waals surface area contributed by atoms with Gasteiger partial charge in [-0.2, -0.15) is 0 Å². The normalized spacial score (nSPS) is 11.0. The highest BCUT2D eigenvalue weighted by molar-refractivity contribution is 9.10. The zero-order valence-electron chi connectivity index (χ0n) is 20.0. The van der Waals surface area contributed by atoms with Crippen molar-refractivity contribution in [3.8, 4) is 45.3 Å². The number of halogens is 1. The SMILES string of the molecule is COc1cc2c(-c3ccccc3)c3cc(OC)c(OC)cc3c(-c3ccc(Br)cc3)c2cc1OC. The summed E-state index contributed by atoms with van der Waals surface area (Å²) in [5, 5.41) is 4.24. The van der Waals surface area contributed by atoms with Crippen LogP contribution >= 0.6 is 15.9 Å². The summed E-state index contributed by atoms with van der Waals surface area (Å²) in [6, 6.07) is 27.0. The molecular weight excluding hydrogens is 504 g/mol. The molecule has 0 aliphatic rings. The van der Waals surface area contributed by atoms with Crippen LogP contribution in [0.2, 0.25) is 0 Å². The predicted molar refractivity (Wildman–Crippen MR) is 146 cm³/mol. The van der Waals surface area contributed by atoms with E-state index in [0.29, 0.717) is 23.0 Å². The Morgan fingerprint density at radius 2 is 0.800 bits per heavy atom. The lowest BCUT2D eigenvalue weighted by molar-refractivity contribution is 0.355. The third-order valence-electron chi connectivity index (χ3n) is 6.32. The fourth-order valence-electron chi connectivity index (χ4n) is 4.72. The van der Waals surface area contributed by atoms with Crippen LogP contribution in [0.1, 0.15) is 0 Å². The van der Waals surface area contributed by atoms with Gasteiger partial charge in [0.25, 0.3) is 0 Å². The summed E-state index contributed by atoms with van der Waals surface area (Å²) >= 11 is 3.57. The fraction of sp³-hybridized carbons (Fsp3) is 0.133. The quantitative estimate of drug-likeness (QED) is 0.208. The van der Waals surface area contributed by atoms with Gasteiger partial charge in [-0.05, 0) is 80.2 Å². The predicted octanol–water partition coefficient (Wildman–Crippen LogP) is 8.12. The molecule has 0 aliphatic heterocycles. The average Bonchev–Trinajstić information content (AvgIpc) is 2.91. The van der Waals surface area contributed by atoms with E-state index in [1.807, 2.05) is 6.07 Å². The molecule has 0 amide bonds. The van der Waals surface area contributed by atoms with Crippen molar-refractivity contribution in [2.24, 2.45) is 0 Å². The number of benzene rings is 5. The van der Waals surface area contributed by atoms with Gasteiger partial charge in [0.2, 0.25) is 0 Å². The molecule has 0 atom stereocenters. The molecule has 5 aromatic rings. The van der Waals surface area contributed by atoms with E-state index in [1.54, 1.807) is 28.4 Å². The van der Waals surface area contributed by atoms with E-state index in [2.05, 4.69) is 88.7 Å². The second-order valence-corrected chi connectivity index (χ2v) is 9.04. The molecule has 0 aromatic heterocycles. The van der Waals surface area contributed by atoms with Gasteiger partial charge >= 0.3 is 0 Å². The van der Waals surface area contributed by atoms with Crippen LogP contribution in [0.25, 0.3) is 43.8 Å². The van der Waals surface area contributed by atoms with Gasteiger partial charge in [0, 0.05) is 4.47 Å². The summed E-state index contributed by atoms with van der Waals surface area (Å²) in [5.41, 5.74) is 4.37. The van der Waals surface area contributed by atoms with Crippen LogP contribution in [0.15, 0.2) is 83.3 Å². The van der Waals surface area contributed by atoms with E-state index in [4.69, 9.17) is 18.9 Å². The first-order valence-electron chi connectivity index (χ1n) is 11.2. The Kier molecular flexibility index (Phi) is 6.27. The van der Waals surface area contributed by atoms with E-state index >= 15 is 0 Å². The molecule has 5 heteroatoms. The number of hydrogen-bond acceptors (Lipinski definition) is 4. The second-order valence-electron chi connectivity index (χ2n) is 8.13. The van der Waals surface area contributed by atoms with Crippen LogP contribution in [0.3, 0.4) is 0 Å². The summed E-state index contributed by atoms with van der Waals surface area (Å²) < 4.78 is 23.9. The van der Waals surface area contributed by atoms with Crippen molar-refractivity contribution < 1.29 is 18.9 Å². The van der Waals surface area contributed by atoms with Crippen molar-refractivity contribution in [1.82, 2.24) is 0 Å². The van der Waals surface area contributed by atoms with E-state index < -0.39 is 0 Å². The molecule has 5 aromatic carbocycles. The Balaban J connectivity index is 2.07. The molecule has 0 heterocycles. The number of fused-ring (bicyclic) bond motifs is 2. The molecule has 4 nitrogen and oxygen atoms in total. The van der Waals surface area contributed by atoms with Gasteiger partial charge in [-0.3, -0.25) is 0 Å². The van der Waals surface area contributed by atoms with E-state index in [0.717, 1.165) is 48.3 Å². The first kappa shape index (κ1) is 23.1. The molecule has 0 spiro atoms. The van der Waals surface area contributed by atoms with Gasteiger partial charge in [0.05, 0.1) is 28.4 Å². The fourth-order valence-corrected chi connectivity index (χ4v) is 4.98. The van der Waals surface area contributed by atoms with Crippen LogP contribution in [-0.2, 0) is 0 Å². The Morgan fingerprint density at radius 1 is 0.457 bits per heavy atom. The molecule has 0 radical (unpaired) electrons. The molecule has 5 rings (SSSR count). The van der Waals surface area contributed by atoms with Gasteiger partial charge in [-0.25, -0.2) is 0 Å². The van der Waals surface area contributed by atoms with Crippen LogP contribution < -0.4 is 18.9 Å². The van der Waals surface area contributed by atoms with Crippen molar-refractivity contribution in [1.29, 1.82) is 0 Å². The first-order chi connectivity index (χ1) is 17.1. The molecule has 0 N–H and O–H groups in total. The summed E-state index contributed by atoms with van der Waals surface area (Å²) in [5.74, 6) is 2.71. The third kappa shape index (κ3) is 3.96. The molecule has 0 unspecified atom stereocenters. The van der Waals surface area contributed by atoms with Gasteiger partial charge in [0.15, 0.2) is 23.0 Å². The van der Waals surface area contributed by atoms with Gasteiger partial charge in [-0.15, -0.1) is 0 Å². The molecule has 0 aliphatic carbocycles. The maximum atomic E-state index is 5.72. The monoisotopic (exact) mass is 528 g/mol. The minimum Gasteiger partial charge on any atom is -0.493 e. The van der Waals surface area contributed by atoms with Gasteiger partial charge < -0.3 is 18.9 Å². The Morgan fingerprint density at radius 3 is 1.14 bits per heavy atom. The van der Waals surface area contributed by atoms with Crippen LogP contribution in [0.4, 0.5) is 0 Å². The maximum Gasteiger partial charge on any atom is 0.161 e. The highest BCUT2D eigenvalue weighted by atomic mass is 79.9. The smallest absolute Gasteiger partial charge is 0.161 e. The molecule has 176 valence electrons. The van der Waals surface area contributed by atoms with Crippen LogP contribution in [0.5, 0.6) is 23.0 Å². The second kappa shape index (κ2) is 9.51.